The number of hydrogen-bond donors (Lipinski definition) is 3. The van der Waals surface area contributed by atoms with E-state index in [1.165, 1.54) is 10.9 Å². The summed E-state index contributed by atoms with van der Waals surface area (Å²) in [6.45, 7) is 3.63. The summed E-state index contributed by atoms with van der Waals surface area (Å²) in [4.78, 5) is 8.79. The fourth-order valence-corrected chi connectivity index (χ4v) is 5.52. The molecule has 0 unspecified atom stereocenters. The molecular weight excluding hydrogens is 535 g/mol. The molecule has 3 heterocycles. The van der Waals surface area contributed by atoms with Crippen molar-refractivity contribution in [1.82, 2.24) is 14.5 Å². The molecule has 0 radical (unpaired) electrons. The molecule has 0 aliphatic carbocycles. The predicted molar refractivity (Wildman–Crippen MR) is 156 cm³/mol. The first-order valence-electron chi connectivity index (χ1n) is 13.1. The molecule has 6 rings (SSSR count). The fraction of sp³-hybridized carbons (Fsp3) is 0.152. The van der Waals surface area contributed by atoms with E-state index < -0.39 is 29.3 Å². The number of aliphatic hydroxyl groups excluding tert-OH is 1. The number of fused-ring (bicyclic) bond motifs is 1. The normalized spacial score (nSPS) is 20.2. The number of anilines is 1. The summed E-state index contributed by atoms with van der Waals surface area (Å²) in [5.41, 5.74) is -0.572. The van der Waals surface area contributed by atoms with Gasteiger partial charge in [0.15, 0.2) is 17.6 Å². The van der Waals surface area contributed by atoms with E-state index in [2.05, 4.69) is 27.8 Å². The highest BCUT2D eigenvalue weighted by molar-refractivity contribution is 5.89. The number of hydrogen-bond acceptors (Lipinski definition) is 7. The minimum Gasteiger partial charge on any atom is -0.497 e. The van der Waals surface area contributed by atoms with Gasteiger partial charge in [-0.25, -0.2) is 14.4 Å². The maximum atomic E-state index is 15.9. The highest BCUT2D eigenvalue weighted by Gasteiger charge is 2.54. The van der Waals surface area contributed by atoms with Crippen LogP contribution in [0.5, 0.6) is 5.75 Å². The smallest absolute Gasteiger partial charge is 0.220 e. The Morgan fingerprint density at radius 2 is 1.62 bits per heavy atom. The summed E-state index contributed by atoms with van der Waals surface area (Å²) < 4.78 is 28.2. The second-order valence-corrected chi connectivity index (χ2v) is 9.95. The SMILES string of the molecule is C#C[C@@]1(O)[C@H](O)C(=C)O[C@H]1n1cc(F)c2c(NC(c3ccccc3)(c3ccccc3)c3ccc(OC)cc3)ncnc21. The van der Waals surface area contributed by atoms with Gasteiger partial charge in [0.25, 0.3) is 0 Å². The topological polar surface area (TPSA) is 102 Å². The third-order valence-electron chi connectivity index (χ3n) is 7.65. The molecule has 0 spiro atoms. The third-order valence-corrected chi connectivity index (χ3v) is 7.65. The summed E-state index contributed by atoms with van der Waals surface area (Å²) in [7, 11) is 1.60. The molecule has 3 aromatic carbocycles. The predicted octanol–water partition coefficient (Wildman–Crippen LogP) is 4.75. The second kappa shape index (κ2) is 10.3. The van der Waals surface area contributed by atoms with Gasteiger partial charge in [-0.1, -0.05) is 85.3 Å². The van der Waals surface area contributed by atoms with Crippen LogP contribution in [0.1, 0.15) is 22.9 Å². The summed E-state index contributed by atoms with van der Waals surface area (Å²) in [5, 5.41) is 25.2. The quantitative estimate of drug-likeness (QED) is 0.194. The number of rotatable bonds is 7. The molecule has 3 atom stereocenters. The molecular formula is C33H27FN4O4. The first-order valence-corrected chi connectivity index (χ1v) is 13.1. The van der Waals surface area contributed by atoms with Gasteiger partial charge >= 0.3 is 0 Å². The molecule has 42 heavy (non-hydrogen) atoms. The summed E-state index contributed by atoms with van der Waals surface area (Å²) in [6.07, 6.45) is 5.02. The van der Waals surface area contributed by atoms with Gasteiger partial charge in [0.1, 0.15) is 29.2 Å². The third kappa shape index (κ3) is 4.08. The Bertz CT molecular complexity index is 1760. The molecule has 210 valence electrons. The molecule has 0 amide bonds. The van der Waals surface area contributed by atoms with E-state index in [9.17, 15) is 10.2 Å². The van der Waals surface area contributed by atoms with E-state index >= 15 is 4.39 Å². The molecule has 0 bridgehead atoms. The number of benzene rings is 3. The van der Waals surface area contributed by atoms with Crippen molar-refractivity contribution in [1.29, 1.82) is 0 Å². The minimum atomic E-state index is -2.20. The van der Waals surface area contributed by atoms with Crippen molar-refractivity contribution in [2.45, 2.75) is 23.5 Å². The van der Waals surface area contributed by atoms with Crippen molar-refractivity contribution in [3.63, 3.8) is 0 Å². The number of nitrogens with zero attached hydrogens (tertiary/aromatic N) is 3. The summed E-state index contributed by atoms with van der Waals surface area (Å²) >= 11 is 0. The van der Waals surface area contributed by atoms with E-state index in [0.29, 0.717) is 5.75 Å². The lowest BCUT2D eigenvalue weighted by Gasteiger charge is -2.37. The van der Waals surface area contributed by atoms with Crippen LogP contribution in [-0.4, -0.2) is 43.6 Å². The van der Waals surface area contributed by atoms with Gasteiger partial charge in [0.2, 0.25) is 11.8 Å². The van der Waals surface area contributed by atoms with Gasteiger partial charge in [0, 0.05) is 6.20 Å². The molecule has 1 aliphatic rings. The van der Waals surface area contributed by atoms with Crippen molar-refractivity contribution in [3.05, 3.63) is 132 Å². The van der Waals surface area contributed by atoms with Crippen molar-refractivity contribution in [2.24, 2.45) is 0 Å². The summed E-state index contributed by atoms with van der Waals surface area (Å²) in [5.74, 6) is 2.22. The molecule has 9 heteroatoms. The van der Waals surface area contributed by atoms with E-state index in [1.807, 2.05) is 84.9 Å². The molecule has 1 aliphatic heterocycles. The van der Waals surface area contributed by atoms with Crippen LogP contribution >= 0.6 is 0 Å². The van der Waals surface area contributed by atoms with Gasteiger partial charge < -0.3 is 25.0 Å². The summed E-state index contributed by atoms with van der Waals surface area (Å²) in [6, 6.07) is 27.1. The number of ether oxygens (including phenoxy) is 2. The van der Waals surface area contributed by atoms with Gasteiger partial charge in [-0.05, 0) is 28.8 Å². The number of nitrogens with one attached hydrogen (secondary N) is 1. The molecule has 8 nitrogen and oxygen atoms in total. The lowest BCUT2D eigenvalue weighted by Crippen LogP contribution is -2.43. The van der Waals surface area contributed by atoms with Crippen LogP contribution in [0.2, 0.25) is 0 Å². The Morgan fingerprint density at radius 3 is 2.19 bits per heavy atom. The van der Waals surface area contributed by atoms with E-state index in [1.54, 1.807) is 7.11 Å². The van der Waals surface area contributed by atoms with Crippen LogP contribution in [0.25, 0.3) is 11.0 Å². The molecule has 2 aromatic heterocycles. The van der Waals surface area contributed by atoms with Crippen molar-refractivity contribution in [3.8, 4) is 18.1 Å². The highest BCUT2D eigenvalue weighted by atomic mass is 19.1. The molecule has 1 fully saturated rings. The van der Waals surface area contributed by atoms with Gasteiger partial charge in [-0.15, -0.1) is 6.42 Å². The van der Waals surface area contributed by atoms with Crippen LogP contribution in [-0.2, 0) is 10.3 Å². The average Bonchev–Trinajstić information content (AvgIpc) is 3.49. The standard InChI is InChI=1S/C33H27FN4O4/c1-4-32(40)28(39)21(2)42-31(32)38-19-26(34)27-29(35-20-36-30(27)38)37-33(22-11-7-5-8-12-22,23-13-9-6-10-14-23)24-15-17-25(41-3)18-16-24/h1,5-20,28,31,39-40H,2H2,3H3,(H,35,36,37)/t28-,31-,32-/m1/s1. The zero-order chi connectivity index (χ0) is 29.5. The number of aliphatic hydroxyl groups is 2. The Kier molecular flexibility index (Phi) is 6.65. The zero-order valence-electron chi connectivity index (χ0n) is 22.6. The first kappa shape index (κ1) is 27.0. The van der Waals surface area contributed by atoms with Crippen LogP contribution in [0.3, 0.4) is 0 Å². The highest BCUT2D eigenvalue weighted by Crippen LogP contribution is 2.44. The Hall–Kier alpha value is -5.17. The van der Waals surface area contributed by atoms with Crippen LogP contribution in [0.4, 0.5) is 10.2 Å². The molecule has 1 saturated heterocycles. The van der Waals surface area contributed by atoms with Crippen LogP contribution in [0.15, 0.2) is 110 Å². The maximum absolute atomic E-state index is 15.9. The van der Waals surface area contributed by atoms with Gasteiger partial charge in [-0.2, -0.15) is 0 Å². The Labute approximate surface area is 241 Å². The van der Waals surface area contributed by atoms with Gasteiger partial charge in [0.05, 0.1) is 12.5 Å². The zero-order valence-corrected chi connectivity index (χ0v) is 22.6. The minimum absolute atomic E-state index is 0.0391. The van der Waals surface area contributed by atoms with Crippen LogP contribution < -0.4 is 10.1 Å². The average molecular weight is 563 g/mol. The monoisotopic (exact) mass is 562 g/mol. The largest absolute Gasteiger partial charge is 0.497 e. The fourth-order valence-electron chi connectivity index (χ4n) is 5.52. The Morgan fingerprint density at radius 1 is 1.02 bits per heavy atom. The number of terminal acetylenes is 1. The Balaban J connectivity index is 1.59. The number of methoxy groups -OCH3 is 1. The van der Waals surface area contributed by atoms with Crippen molar-refractivity contribution in [2.75, 3.05) is 12.4 Å². The second-order valence-electron chi connectivity index (χ2n) is 9.95. The van der Waals surface area contributed by atoms with Gasteiger partial charge in [-0.3, -0.25) is 4.57 Å². The van der Waals surface area contributed by atoms with Crippen molar-refractivity contribution >= 4 is 16.9 Å². The number of aromatic nitrogens is 3. The van der Waals surface area contributed by atoms with Crippen molar-refractivity contribution < 1.29 is 24.1 Å². The first-order chi connectivity index (χ1) is 20.3. The van der Waals surface area contributed by atoms with E-state index in [4.69, 9.17) is 15.9 Å². The van der Waals surface area contributed by atoms with E-state index in [0.717, 1.165) is 22.9 Å². The number of halogens is 1. The van der Waals surface area contributed by atoms with Crippen LogP contribution in [0, 0.1) is 18.2 Å². The molecule has 5 aromatic rings. The molecule has 0 saturated carbocycles. The van der Waals surface area contributed by atoms with E-state index in [-0.39, 0.29) is 22.6 Å². The lowest BCUT2D eigenvalue weighted by molar-refractivity contribution is -0.0629. The molecule has 3 N–H and O–H groups in total. The lowest BCUT2D eigenvalue weighted by atomic mass is 9.77. The maximum Gasteiger partial charge on any atom is 0.220 e.